The van der Waals surface area contributed by atoms with Gasteiger partial charge in [-0.05, 0) is 60.7 Å². The second-order valence-corrected chi connectivity index (χ2v) is 11.7. The minimum atomic E-state index is -4.68. The third-order valence-electron chi connectivity index (χ3n) is 7.49. The summed E-state index contributed by atoms with van der Waals surface area (Å²) >= 11 is 0.409. The molecule has 5 N–H and O–H groups in total. The van der Waals surface area contributed by atoms with Gasteiger partial charge in [-0.3, -0.25) is 19.8 Å². The number of hydrogen-bond acceptors (Lipinski definition) is 6. The van der Waals surface area contributed by atoms with Crippen LogP contribution < -0.4 is 21.1 Å². The molecule has 2 aromatic carbocycles. The highest BCUT2D eigenvalue weighted by Gasteiger charge is 2.64. The number of nitrogen functional groups attached to an aromatic ring is 1. The highest BCUT2D eigenvalue weighted by atomic mass is 32.1. The van der Waals surface area contributed by atoms with Gasteiger partial charge >= 0.3 is 6.18 Å². The van der Waals surface area contributed by atoms with E-state index in [1.54, 1.807) is 36.4 Å². The summed E-state index contributed by atoms with van der Waals surface area (Å²) in [5.74, 6) is -0.902. The summed E-state index contributed by atoms with van der Waals surface area (Å²) in [6, 6.07) is 15.8. The van der Waals surface area contributed by atoms with Crippen LogP contribution in [0.3, 0.4) is 0 Å². The van der Waals surface area contributed by atoms with E-state index in [4.69, 9.17) is 15.9 Å². The molecule has 1 saturated carbocycles. The lowest BCUT2D eigenvalue weighted by Gasteiger charge is -2.27. The van der Waals surface area contributed by atoms with Crippen LogP contribution >= 0.6 is 11.3 Å². The van der Waals surface area contributed by atoms with Gasteiger partial charge in [-0.15, -0.1) is 11.3 Å². The number of rotatable bonds is 9. The predicted octanol–water partition coefficient (Wildman–Crippen LogP) is 4.27. The molecule has 1 aliphatic carbocycles. The third kappa shape index (κ3) is 6.10. The molecule has 0 unspecified atom stereocenters. The van der Waals surface area contributed by atoms with Gasteiger partial charge in [-0.2, -0.15) is 13.2 Å². The number of thiophene rings is 1. The molecule has 0 radical (unpaired) electrons. The first-order chi connectivity index (χ1) is 19.9. The predicted molar refractivity (Wildman–Crippen MR) is 149 cm³/mol. The summed E-state index contributed by atoms with van der Waals surface area (Å²) < 4.78 is 45.7. The van der Waals surface area contributed by atoms with E-state index in [1.807, 2.05) is 25.1 Å². The minimum Gasteiger partial charge on any atom is -0.457 e. The third-order valence-corrected chi connectivity index (χ3v) is 8.67. The lowest BCUT2D eigenvalue weighted by molar-refractivity contribution is -0.139. The van der Waals surface area contributed by atoms with Crippen molar-refractivity contribution in [3.63, 3.8) is 0 Å². The molecule has 220 valence electrons. The molecule has 3 aromatic rings. The molecule has 1 saturated heterocycles. The number of likely N-dealkylation sites (tertiary alicyclic amines) is 1. The number of carbonyl (C=O) groups is 3. The Morgan fingerprint density at radius 3 is 2.36 bits per heavy atom. The fourth-order valence-corrected chi connectivity index (χ4v) is 6.22. The zero-order valence-corrected chi connectivity index (χ0v) is 23.3. The van der Waals surface area contributed by atoms with E-state index in [2.05, 4.69) is 10.6 Å². The Balaban J connectivity index is 1.18. The van der Waals surface area contributed by atoms with Gasteiger partial charge in [0.2, 0.25) is 11.8 Å². The van der Waals surface area contributed by atoms with Gasteiger partial charge in [0.05, 0.1) is 13.1 Å². The lowest BCUT2D eigenvalue weighted by atomic mass is 10.0. The summed E-state index contributed by atoms with van der Waals surface area (Å²) in [5, 5.41) is 12.7. The van der Waals surface area contributed by atoms with E-state index >= 15 is 0 Å². The first kappa shape index (κ1) is 29.1. The molecule has 1 aromatic heterocycles. The van der Waals surface area contributed by atoms with E-state index in [-0.39, 0.29) is 29.4 Å². The van der Waals surface area contributed by atoms with Gasteiger partial charge in [-0.25, -0.2) is 0 Å². The Bertz CT molecular complexity index is 1530. The fourth-order valence-electron chi connectivity index (χ4n) is 5.24. The monoisotopic (exact) mass is 599 g/mol. The molecular weight excluding hydrogens is 571 g/mol. The van der Waals surface area contributed by atoms with Crippen LogP contribution in [0.4, 0.5) is 13.2 Å². The largest absolute Gasteiger partial charge is 0.457 e. The first-order valence-corrected chi connectivity index (χ1v) is 13.9. The molecule has 2 fully saturated rings. The van der Waals surface area contributed by atoms with Gasteiger partial charge in [0.15, 0.2) is 0 Å². The maximum absolute atomic E-state index is 13.3. The van der Waals surface area contributed by atoms with Crippen LogP contribution in [0, 0.1) is 10.8 Å². The standard InChI is InChI=1S/C29H28F3N5O4S/c1-28-12-21(27(40)35-14-19-11-20(25(33)34)24(42-19)29(30,31)32)37(22(28)13-28)23(38)15-36-26(39)16-7-9-18(10-8-16)41-17-5-3-2-4-6-17/h2-11,21-22H,12-15H2,1H3,(H3,33,34)(H,35,40)(H,36,39)/t21-,22-,28+/m0/s1. The zero-order chi connectivity index (χ0) is 30.2. The number of alkyl halides is 3. The number of para-hydroxylation sites is 1. The van der Waals surface area contributed by atoms with E-state index in [1.165, 1.54) is 4.90 Å². The van der Waals surface area contributed by atoms with Crippen LogP contribution in [-0.4, -0.2) is 47.1 Å². The van der Waals surface area contributed by atoms with Gasteiger partial charge in [0, 0.05) is 22.0 Å². The van der Waals surface area contributed by atoms with Crippen LogP contribution in [0.15, 0.2) is 60.7 Å². The number of amidine groups is 1. The first-order valence-electron chi connectivity index (χ1n) is 13.1. The number of carbonyl (C=O) groups excluding carboxylic acids is 3. The smallest absolute Gasteiger partial charge is 0.426 e. The Hall–Kier alpha value is -4.39. The molecule has 1 aliphatic heterocycles. The molecule has 9 nitrogen and oxygen atoms in total. The molecule has 3 amide bonds. The van der Waals surface area contributed by atoms with Crippen LogP contribution in [0.5, 0.6) is 11.5 Å². The molecule has 2 aliphatic rings. The van der Waals surface area contributed by atoms with Gasteiger partial charge in [0.1, 0.15) is 28.3 Å². The van der Waals surface area contributed by atoms with Crippen molar-refractivity contribution in [2.24, 2.45) is 11.1 Å². The Labute approximate surface area is 243 Å². The number of nitrogens with two attached hydrogens (primary N) is 1. The zero-order valence-electron chi connectivity index (χ0n) is 22.5. The SMILES string of the molecule is C[C@@]12C[C@@H]1N(C(=O)CNC(=O)c1ccc(Oc3ccccc3)cc1)[C@H](C(=O)NCc1cc(C(=N)N)c(C(F)(F)F)s1)C2. The molecular formula is C29H28F3N5O4S. The molecule has 0 spiro atoms. The molecule has 2 heterocycles. The summed E-state index contributed by atoms with van der Waals surface area (Å²) in [6.07, 6.45) is -3.55. The average Bonchev–Trinajstić information content (AvgIpc) is 3.28. The second-order valence-electron chi connectivity index (χ2n) is 10.6. The van der Waals surface area contributed by atoms with E-state index in [9.17, 15) is 27.6 Å². The molecule has 0 bridgehead atoms. The maximum Gasteiger partial charge on any atom is 0.426 e. The number of nitrogens with zero attached hydrogens (tertiary/aromatic N) is 1. The van der Waals surface area contributed by atoms with Crippen LogP contribution in [0.25, 0.3) is 0 Å². The normalized spacial score (nSPS) is 20.9. The highest BCUT2D eigenvalue weighted by molar-refractivity contribution is 7.12. The van der Waals surface area contributed by atoms with Crippen molar-refractivity contribution in [2.45, 2.75) is 44.6 Å². The van der Waals surface area contributed by atoms with Gasteiger partial charge in [-0.1, -0.05) is 25.1 Å². The number of halogens is 3. The van der Waals surface area contributed by atoms with Crippen molar-refractivity contribution in [1.82, 2.24) is 15.5 Å². The topological polar surface area (TPSA) is 138 Å². The van der Waals surface area contributed by atoms with Crippen molar-refractivity contribution in [2.75, 3.05) is 6.54 Å². The summed E-state index contributed by atoms with van der Waals surface area (Å²) in [5.41, 5.74) is 4.97. The Kier molecular flexibility index (Phi) is 7.71. The van der Waals surface area contributed by atoms with Gasteiger partial charge in [0.25, 0.3) is 5.91 Å². The van der Waals surface area contributed by atoms with E-state index < -0.39 is 46.2 Å². The summed E-state index contributed by atoms with van der Waals surface area (Å²) in [6.45, 7) is 1.44. The number of fused-ring (bicyclic) bond motifs is 1. The fraction of sp³-hybridized carbons (Fsp3) is 0.310. The number of hydrogen-bond donors (Lipinski definition) is 4. The van der Waals surface area contributed by atoms with E-state index in [0.29, 0.717) is 34.8 Å². The lowest BCUT2D eigenvalue weighted by Crippen LogP contribution is -2.50. The van der Waals surface area contributed by atoms with Gasteiger partial charge < -0.3 is 26.0 Å². The molecule has 5 rings (SSSR count). The number of piperidine rings is 1. The molecule has 42 heavy (non-hydrogen) atoms. The quantitative estimate of drug-likeness (QED) is 0.215. The number of benzene rings is 2. The average molecular weight is 600 g/mol. The number of amides is 3. The minimum absolute atomic E-state index is 0.157. The van der Waals surface area contributed by atoms with Crippen molar-refractivity contribution in [3.05, 3.63) is 81.5 Å². The van der Waals surface area contributed by atoms with Crippen LogP contribution in [-0.2, 0) is 22.3 Å². The van der Waals surface area contributed by atoms with Crippen molar-refractivity contribution < 1.29 is 32.3 Å². The molecule has 13 heteroatoms. The van der Waals surface area contributed by atoms with E-state index in [0.717, 1.165) is 12.5 Å². The highest BCUT2D eigenvalue weighted by Crippen LogP contribution is 2.59. The maximum atomic E-state index is 13.3. The molecule has 3 atom stereocenters. The number of ether oxygens (including phenoxy) is 1. The van der Waals surface area contributed by atoms with Crippen molar-refractivity contribution >= 4 is 34.9 Å². The Morgan fingerprint density at radius 2 is 1.74 bits per heavy atom. The Morgan fingerprint density at radius 1 is 1.07 bits per heavy atom. The van der Waals surface area contributed by atoms with Crippen LogP contribution in [0.2, 0.25) is 0 Å². The second kappa shape index (κ2) is 11.1. The number of nitrogens with one attached hydrogen (secondary N) is 3. The summed E-state index contributed by atoms with van der Waals surface area (Å²) in [4.78, 5) is 39.7. The van der Waals surface area contributed by atoms with Crippen molar-refractivity contribution in [3.8, 4) is 11.5 Å². The van der Waals surface area contributed by atoms with Crippen molar-refractivity contribution in [1.29, 1.82) is 5.41 Å². The summed E-state index contributed by atoms with van der Waals surface area (Å²) in [7, 11) is 0. The van der Waals surface area contributed by atoms with Crippen LogP contribution in [0.1, 0.15) is 45.4 Å².